The summed E-state index contributed by atoms with van der Waals surface area (Å²) in [5.41, 5.74) is 1.36. The maximum atomic E-state index is 12.3. The third-order valence-corrected chi connectivity index (χ3v) is 3.44. The monoisotopic (exact) mass is 298 g/mol. The molecule has 0 spiro atoms. The third kappa shape index (κ3) is 1.91. The Morgan fingerprint density at radius 2 is 1.91 bits per heavy atom. The second kappa shape index (κ2) is 4.96. The Kier molecular flexibility index (Phi) is 3.10. The topological polar surface area (TPSA) is 91.4 Å². The molecule has 0 unspecified atom stereocenters. The average Bonchev–Trinajstić information content (AvgIpc) is 3.09. The smallest absolute Gasteiger partial charge is 0.344 e. The van der Waals surface area contributed by atoms with Crippen LogP contribution in [0, 0.1) is 10.1 Å². The van der Waals surface area contributed by atoms with Crippen molar-refractivity contribution in [1.82, 2.24) is 4.57 Å². The summed E-state index contributed by atoms with van der Waals surface area (Å²) in [5.74, 6) is -1.21. The Morgan fingerprint density at radius 3 is 2.50 bits per heavy atom. The molecule has 2 heterocycles. The van der Waals surface area contributed by atoms with Crippen LogP contribution in [0.2, 0.25) is 0 Å². The molecule has 1 aromatic heterocycles. The van der Waals surface area contributed by atoms with Gasteiger partial charge in [0.1, 0.15) is 5.57 Å². The van der Waals surface area contributed by atoms with Gasteiger partial charge in [0.2, 0.25) is 0 Å². The fraction of sp³-hybridized carbons (Fsp3) is 0.0667. The maximum absolute atomic E-state index is 12.3. The molecule has 7 heteroatoms. The van der Waals surface area contributed by atoms with E-state index in [9.17, 15) is 19.7 Å². The fourth-order valence-electron chi connectivity index (χ4n) is 2.45. The lowest BCUT2D eigenvalue weighted by Crippen LogP contribution is -2.16. The fourth-order valence-corrected chi connectivity index (χ4v) is 2.45. The number of hydrogen-bond donors (Lipinski definition) is 0. The summed E-state index contributed by atoms with van der Waals surface area (Å²) in [6.45, 7) is 0. The van der Waals surface area contributed by atoms with E-state index < -0.39 is 16.8 Å². The molecule has 3 rings (SSSR count). The van der Waals surface area contributed by atoms with Crippen molar-refractivity contribution in [1.29, 1.82) is 0 Å². The van der Waals surface area contributed by atoms with Crippen molar-refractivity contribution >= 4 is 23.1 Å². The van der Waals surface area contributed by atoms with Gasteiger partial charge in [0.05, 0.1) is 17.7 Å². The van der Waals surface area contributed by atoms with Gasteiger partial charge in [-0.3, -0.25) is 19.5 Å². The molecule has 0 fully saturated rings. The largest absolute Gasteiger partial charge is 0.465 e. The normalized spacial score (nSPS) is 13.2. The Bertz CT molecular complexity index is 830. The lowest BCUT2D eigenvalue weighted by molar-refractivity contribution is -0.384. The highest BCUT2D eigenvalue weighted by Crippen LogP contribution is 2.35. The number of benzene rings is 1. The lowest BCUT2D eigenvalue weighted by atomic mass is 9.99. The van der Waals surface area contributed by atoms with Crippen molar-refractivity contribution in [3.8, 4) is 0 Å². The number of ether oxygens (including phenoxy) is 1. The quantitative estimate of drug-likeness (QED) is 0.374. The molecule has 0 saturated carbocycles. The number of non-ortho nitro benzene ring substituents is 1. The predicted octanol–water partition coefficient (Wildman–Crippen LogP) is 2.02. The standard InChI is InChI=1S/C15H10N2O5/c1-22-15(19)13-12(11-3-2-8-16(11)14(13)18)9-4-6-10(7-5-9)17(20)21/h2-8H,1H3. The Balaban J connectivity index is 2.19. The molecular formula is C15H10N2O5. The number of nitrogens with zero attached hydrogens (tertiary/aromatic N) is 2. The molecule has 110 valence electrons. The van der Waals surface area contributed by atoms with E-state index >= 15 is 0 Å². The van der Waals surface area contributed by atoms with Crippen molar-refractivity contribution < 1.29 is 19.2 Å². The Morgan fingerprint density at radius 1 is 1.23 bits per heavy atom. The number of rotatable bonds is 3. The number of nitro benzene ring substituents is 1. The van der Waals surface area contributed by atoms with Crippen LogP contribution in [0.25, 0.3) is 5.57 Å². The number of methoxy groups -OCH3 is 1. The van der Waals surface area contributed by atoms with Crippen molar-refractivity contribution in [2.45, 2.75) is 0 Å². The van der Waals surface area contributed by atoms with Crippen molar-refractivity contribution in [2.24, 2.45) is 0 Å². The van der Waals surface area contributed by atoms with E-state index in [0.717, 1.165) is 0 Å². The van der Waals surface area contributed by atoms with E-state index in [1.54, 1.807) is 18.3 Å². The first-order valence-corrected chi connectivity index (χ1v) is 6.34. The number of fused-ring (bicyclic) bond motifs is 1. The first kappa shape index (κ1) is 13.7. The van der Waals surface area contributed by atoms with Gasteiger partial charge in [-0.25, -0.2) is 4.79 Å². The minimum atomic E-state index is -0.734. The van der Waals surface area contributed by atoms with Crippen molar-refractivity contribution in [3.05, 3.63) is 69.5 Å². The molecular weight excluding hydrogens is 288 g/mol. The number of carbonyl (C=O) groups excluding carboxylic acids is 2. The summed E-state index contributed by atoms with van der Waals surface area (Å²) >= 11 is 0. The molecule has 7 nitrogen and oxygen atoms in total. The van der Waals surface area contributed by atoms with E-state index in [-0.39, 0.29) is 11.3 Å². The number of carbonyl (C=O) groups is 2. The minimum absolute atomic E-state index is 0.0660. The van der Waals surface area contributed by atoms with Gasteiger partial charge in [0.25, 0.3) is 11.6 Å². The van der Waals surface area contributed by atoms with Gasteiger partial charge in [0, 0.05) is 23.9 Å². The molecule has 22 heavy (non-hydrogen) atoms. The van der Waals surface area contributed by atoms with E-state index in [0.29, 0.717) is 16.8 Å². The van der Waals surface area contributed by atoms with Crippen molar-refractivity contribution in [3.63, 3.8) is 0 Å². The highest BCUT2D eigenvalue weighted by Gasteiger charge is 2.35. The lowest BCUT2D eigenvalue weighted by Gasteiger charge is -2.05. The summed E-state index contributed by atoms with van der Waals surface area (Å²) in [6, 6.07) is 9.05. The molecule has 0 radical (unpaired) electrons. The van der Waals surface area contributed by atoms with E-state index in [4.69, 9.17) is 0 Å². The molecule has 0 atom stereocenters. The van der Waals surface area contributed by atoms with Crippen LogP contribution in [0.15, 0.2) is 48.2 Å². The molecule has 2 aromatic rings. The molecule has 0 saturated heterocycles. The maximum Gasteiger partial charge on any atom is 0.344 e. The first-order valence-electron chi connectivity index (χ1n) is 6.34. The highest BCUT2D eigenvalue weighted by atomic mass is 16.6. The van der Waals surface area contributed by atoms with Crippen LogP contribution >= 0.6 is 0 Å². The molecule has 0 aliphatic carbocycles. The Labute approximate surface area is 124 Å². The molecule has 0 bridgehead atoms. The van der Waals surface area contributed by atoms with E-state index in [1.165, 1.54) is 35.9 Å². The molecule has 1 aliphatic rings. The van der Waals surface area contributed by atoms with Gasteiger partial charge in [-0.15, -0.1) is 0 Å². The van der Waals surface area contributed by atoms with Gasteiger partial charge in [-0.2, -0.15) is 0 Å². The average molecular weight is 298 g/mol. The second-order valence-corrected chi connectivity index (χ2v) is 4.61. The third-order valence-electron chi connectivity index (χ3n) is 3.44. The predicted molar refractivity (Wildman–Crippen MR) is 76.2 cm³/mol. The first-order chi connectivity index (χ1) is 10.5. The SMILES string of the molecule is COC(=O)C1=C(c2ccc([N+](=O)[O-])cc2)c2cccn2C1=O. The van der Waals surface area contributed by atoms with Crippen molar-refractivity contribution in [2.75, 3.05) is 7.11 Å². The number of esters is 1. The van der Waals surface area contributed by atoms with E-state index in [1.807, 2.05) is 0 Å². The summed E-state index contributed by atoms with van der Waals surface area (Å²) in [4.78, 5) is 34.5. The zero-order chi connectivity index (χ0) is 15.9. The summed E-state index contributed by atoms with van der Waals surface area (Å²) in [5, 5.41) is 10.7. The van der Waals surface area contributed by atoms with Crippen LogP contribution in [0.1, 0.15) is 16.1 Å². The second-order valence-electron chi connectivity index (χ2n) is 4.61. The van der Waals surface area contributed by atoms with Gasteiger partial charge < -0.3 is 4.74 Å². The number of nitro groups is 1. The minimum Gasteiger partial charge on any atom is -0.465 e. The molecule has 0 N–H and O–H groups in total. The Hall–Kier alpha value is -3.22. The molecule has 1 aliphatic heterocycles. The van der Waals surface area contributed by atoms with Crippen LogP contribution in [0.4, 0.5) is 5.69 Å². The zero-order valence-corrected chi connectivity index (χ0v) is 11.5. The summed E-state index contributed by atoms with van der Waals surface area (Å²) in [7, 11) is 1.20. The van der Waals surface area contributed by atoms with Gasteiger partial charge >= 0.3 is 5.97 Å². The highest BCUT2D eigenvalue weighted by molar-refractivity contribution is 6.27. The van der Waals surface area contributed by atoms with Gasteiger partial charge in [-0.05, 0) is 29.8 Å². The molecule has 0 amide bonds. The van der Waals surface area contributed by atoms with Crippen LogP contribution < -0.4 is 0 Å². The van der Waals surface area contributed by atoms with Crippen LogP contribution in [-0.2, 0) is 9.53 Å². The van der Waals surface area contributed by atoms with Crippen LogP contribution in [0.3, 0.4) is 0 Å². The van der Waals surface area contributed by atoms with Crippen LogP contribution in [0.5, 0.6) is 0 Å². The van der Waals surface area contributed by atoms with Gasteiger partial charge in [-0.1, -0.05) is 0 Å². The number of aromatic nitrogens is 1. The summed E-state index contributed by atoms with van der Waals surface area (Å²) in [6.07, 6.45) is 1.55. The summed E-state index contributed by atoms with van der Waals surface area (Å²) < 4.78 is 6.03. The molecule has 1 aromatic carbocycles. The van der Waals surface area contributed by atoms with E-state index in [2.05, 4.69) is 4.74 Å². The zero-order valence-electron chi connectivity index (χ0n) is 11.5. The van der Waals surface area contributed by atoms with Crippen LogP contribution in [-0.4, -0.2) is 28.5 Å². The number of hydrogen-bond acceptors (Lipinski definition) is 5. The van der Waals surface area contributed by atoms with Gasteiger partial charge in [0.15, 0.2) is 0 Å².